The minimum atomic E-state index is -2.01. The summed E-state index contributed by atoms with van der Waals surface area (Å²) in [6.45, 7) is 2.21. The molecule has 3 atom stereocenters. The van der Waals surface area contributed by atoms with Crippen molar-refractivity contribution < 1.29 is 29.3 Å². The Kier molecular flexibility index (Phi) is 9.75. The number of aliphatic hydroxyl groups excluding tert-OH is 1. The zero-order valence-corrected chi connectivity index (χ0v) is 27.6. The molecular weight excluding hydrogens is 624 g/mol. The molecule has 3 aromatic carbocycles. The van der Waals surface area contributed by atoms with E-state index < -0.39 is 17.4 Å². The molecule has 2 aliphatic rings. The molecule has 4 aromatic rings. The first-order valence-corrected chi connectivity index (χ1v) is 16.5. The highest BCUT2D eigenvalue weighted by Crippen LogP contribution is 2.46. The fourth-order valence-corrected chi connectivity index (χ4v) is 6.88. The van der Waals surface area contributed by atoms with Crippen LogP contribution in [0, 0.1) is 5.92 Å². The highest BCUT2D eigenvalue weighted by atomic mass is 16.5. The van der Waals surface area contributed by atoms with Gasteiger partial charge in [0, 0.05) is 42.8 Å². The van der Waals surface area contributed by atoms with E-state index in [1.165, 1.54) is 16.7 Å². The van der Waals surface area contributed by atoms with Gasteiger partial charge >= 0.3 is 5.97 Å². The Bertz CT molecular complexity index is 1990. The number of fused-ring (bicyclic) bond motifs is 3. The quantitative estimate of drug-likeness (QED) is 0.140. The number of amides is 2. The summed E-state index contributed by atoms with van der Waals surface area (Å²) in [5.41, 5.74) is 1.02. The second kappa shape index (κ2) is 14.2. The molecule has 0 aliphatic carbocycles. The van der Waals surface area contributed by atoms with Gasteiger partial charge in [0.1, 0.15) is 0 Å². The molecule has 11 nitrogen and oxygen atoms in total. The maximum atomic E-state index is 14.1. The summed E-state index contributed by atoms with van der Waals surface area (Å²) < 4.78 is 5.99. The smallest absolute Gasteiger partial charge is 0.305 e. The van der Waals surface area contributed by atoms with Gasteiger partial charge in [0.2, 0.25) is 5.91 Å². The number of aliphatic hydroxyl groups is 2. The van der Waals surface area contributed by atoms with Gasteiger partial charge in [-0.2, -0.15) is 9.78 Å². The number of anilines is 1. The molecule has 6 rings (SSSR count). The average Bonchev–Trinajstić information content (AvgIpc) is 3.34. The summed E-state index contributed by atoms with van der Waals surface area (Å²) in [4.78, 5) is 55.7. The van der Waals surface area contributed by atoms with Gasteiger partial charge in [-0.3, -0.25) is 19.2 Å². The van der Waals surface area contributed by atoms with Crippen molar-refractivity contribution in [1.82, 2.24) is 14.7 Å². The van der Waals surface area contributed by atoms with Crippen molar-refractivity contribution in [3.63, 3.8) is 0 Å². The van der Waals surface area contributed by atoms with Gasteiger partial charge in [-0.15, -0.1) is 0 Å². The van der Waals surface area contributed by atoms with Crippen LogP contribution < -0.4 is 10.5 Å². The van der Waals surface area contributed by atoms with E-state index in [1.54, 1.807) is 66.6 Å². The van der Waals surface area contributed by atoms with Crippen molar-refractivity contribution in [2.24, 2.45) is 5.92 Å². The van der Waals surface area contributed by atoms with Gasteiger partial charge in [0.15, 0.2) is 5.60 Å². The van der Waals surface area contributed by atoms with Gasteiger partial charge in [-0.05, 0) is 54.7 Å². The second-order valence-electron chi connectivity index (χ2n) is 12.7. The molecule has 2 N–H and O–H groups in total. The fraction of sp³-hybridized carbons (Fsp3) is 0.342. The van der Waals surface area contributed by atoms with E-state index in [2.05, 4.69) is 5.10 Å². The van der Waals surface area contributed by atoms with Crippen molar-refractivity contribution in [2.75, 3.05) is 25.2 Å². The Morgan fingerprint density at radius 3 is 2.59 bits per heavy atom. The third-order valence-corrected chi connectivity index (χ3v) is 9.70. The molecule has 0 unspecified atom stereocenters. The summed E-state index contributed by atoms with van der Waals surface area (Å²) in [5.74, 6) is -1.81. The number of hydrogen-bond acceptors (Lipinski definition) is 8. The summed E-state index contributed by atoms with van der Waals surface area (Å²) in [7, 11) is 1.33. The van der Waals surface area contributed by atoms with Crippen LogP contribution in [0.15, 0.2) is 89.9 Å². The highest BCUT2D eigenvalue weighted by molar-refractivity contribution is 6.07. The standard InChI is InChI=1S/C38H40N4O7/c1-25(10-9-15-34(44)41-23-28-13-4-3-11-26(28)20-30(41)24-43)38(48)32-21-29(42-36(46)31-14-6-5-12-27(31)22-39-42)17-18-33(32)40(37(38)47)19-8-7-16-35(45)49-2/h3-6,9-14,17-18,21-22,25,30,43,48H,7-8,15-16,19-20,23-24H2,1-2H3/b10-9+/t25-,30-,38+/m0/s1. The molecule has 0 saturated carbocycles. The van der Waals surface area contributed by atoms with Crippen LogP contribution in [0.1, 0.15) is 49.3 Å². The van der Waals surface area contributed by atoms with E-state index >= 15 is 0 Å². The Morgan fingerprint density at radius 2 is 1.82 bits per heavy atom. The molecule has 0 bridgehead atoms. The maximum absolute atomic E-state index is 14.1. The van der Waals surface area contributed by atoms with E-state index in [9.17, 15) is 29.4 Å². The fourth-order valence-electron chi connectivity index (χ4n) is 6.88. The number of benzene rings is 3. The highest BCUT2D eigenvalue weighted by Gasteiger charge is 2.52. The maximum Gasteiger partial charge on any atom is 0.305 e. The van der Waals surface area contributed by atoms with Crippen LogP contribution in [-0.2, 0) is 37.7 Å². The molecule has 49 heavy (non-hydrogen) atoms. The molecule has 0 saturated heterocycles. The summed E-state index contributed by atoms with van der Waals surface area (Å²) in [6.07, 6.45) is 6.70. The Morgan fingerprint density at radius 1 is 1.06 bits per heavy atom. The number of unbranched alkanes of at least 4 members (excludes halogenated alkanes) is 1. The first-order valence-electron chi connectivity index (χ1n) is 16.5. The summed E-state index contributed by atoms with van der Waals surface area (Å²) in [5, 5.41) is 27.9. The monoisotopic (exact) mass is 664 g/mol. The third-order valence-electron chi connectivity index (χ3n) is 9.70. The normalized spacial score (nSPS) is 19.3. The first kappa shape index (κ1) is 33.8. The van der Waals surface area contributed by atoms with Crippen LogP contribution in [-0.4, -0.2) is 69.0 Å². The van der Waals surface area contributed by atoms with Crippen molar-refractivity contribution in [1.29, 1.82) is 0 Å². The van der Waals surface area contributed by atoms with Crippen molar-refractivity contribution in [3.8, 4) is 5.69 Å². The molecule has 2 aliphatic heterocycles. The number of carbonyl (C=O) groups excluding carboxylic acids is 3. The second-order valence-corrected chi connectivity index (χ2v) is 12.7. The zero-order chi connectivity index (χ0) is 34.7. The molecule has 0 fully saturated rings. The number of hydrogen-bond donors (Lipinski definition) is 2. The van der Waals surface area contributed by atoms with Crippen molar-refractivity contribution >= 4 is 34.2 Å². The van der Waals surface area contributed by atoms with Gasteiger partial charge in [0.25, 0.3) is 11.5 Å². The van der Waals surface area contributed by atoms with Crippen molar-refractivity contribution in [3.05, 3.63) is 112 Å². The lowest BCUT2D eigenvalue weighted by molar-refractivity contribution is -0.140. The topological polar surface area (TPSA) is 142 Å². The lowest BCUT2D eigenvalue weighted by Crippen LogP contribution is -2.46. The Balaban J connectivity index is 1.28. The van der Waals surface area contributed by atoms with Crippen LogP contribution in [0.5, 0.6) is 0 Å². The predicted molar refractivity (Wildman–Crippen MR) is 184 cm³/mol. The molecule has 11 heteroatoms. The number of methoxy groups -OCH3 is 1. The SMILES string of the molecule is COC(=O)CCCCN1C(=O)[C@@](O)([C@@H](C)/C=C/CC(=O)N2Cc3ccccc3C[C@H]2CO)c2cc(-n3ncc4ccccc4c3=O)ccc21. The van der Waals surface area contributed by atoms with Gasteiger partial charge in [-0.25, -0.2) is 0 Å². The largest absolute Gasteiger partial charge is 0.469 e. The lowest BCUT2D eigenvalue weighted by atomic mass is 9.82. The molecule has 0 radical (unpaired) electrons. The molecule has 254 valence electrons. The molecular formula is C38H40N4O7. The number of carbonyl (C=O) groups is 3. The van der Waals surface area contributed by atoms with Crippen molar-refractivity contribution in [2.45, 2.75) is 57.2 Å². The van der Waals surface area contributed by atoms with E-state index in [-0.39, 0.29) is 49.5 Å². The molecule has 0 spiro atoms. The van der Waals surface area contributed by atoms with Gasteiger partial charge in [0.05, 0.1) is 42.7 Å². The number of rotatable bonds is 11. The predicted octanol–water partition coefficient (Wildman–Crippen LogP) is 3.79. The Labute approximate surface area is 284 Å². The summed E-state index contributed by atoms with van der Waals surface area (Å²) >= 11 is 0. The minimum Gasteiger partial charge on any atom is -0.469 e. The number of aromatic nitrogens is 2. The lowest BCUT2D eigenvalue weighted by Gasteiger charge is -2.36. The number of ether oxygens (including phenoxy) is 1. The van der Waals surface area contributed by atoms with E-state index in [4.69, 9.17) is 4.74 Å². The first-order chi connectivity index (χ1) is 23.7. The van der Waals surface area contributed by atoms with Crippen LogP contribution in [0.4, 0.5) is 5.69 Å². The van der Waals surface area contributed by atoms with E-state index in [0.717, 1.165) is 11.1 Å². The van der Waals surface area contributed by atoms with Crippen LogP contribution in [0.2, 0.25) is 0 Å². The van der Waals surface area contributed by atoms with Crippen LogP contribution in [0.3, 0.4) is 0 Å². The average molecular weight is 665 g/mol. The van der Waals surface area contributed by atoms with E-state index in [1.807, 2.05) is 30.3 Å². The molecule has 1 aromatic heterocycles. The summed E-state index contributed by atoms with van der Waals surface area (Å²) in [6, 6.07) is 19.7. The Hall–Kier alpha value is -5.13. The molecule has 3 heterocycles. The minimum absolute atomic E-state index is 0.0216. The van der Waals surface area contributed by atoms with E-state index in [0.29, 0.717) is 53.5 Å². The number of esters is 1. The third kappa shape index (κ3) is 6.39. The number of nitrogens with zero attached hydrogens (tertiary/aromatic N) is 4. The van der Waals surface area contributed by atoms with Crippen LogP contribution >= 0.6 is 0 Å². The van der Waals surface area contributed by atoms with Crippen LogP contribution in [0.25, 0.3) is 16.5 Å². The zero-order valence-electron chi connectivity index (χ0n) is 27.6. The van der Waals surface area contributed by atoms with Gasteiger partial charge < -0.3 is 24.7 Å². The van der Waals surface area contributed by atoms with Gasteiger partial charge in [-0.1, -0.05) is 61.5 Å². The molecule has 2 amide bonds.